The summed E-state index contributed by atoms with van der Waals surface area (Å²) in [4.78, 5) is 0. The van der Waals surface area contributed by atoms with Crippen molar-refractivity contribution in [2.24, 2.45) is 0 Å². The molecule has 0 amide bonds. The van der Waals surface area contributed by atoms with Crippen molar-refractivity contribution in [3.8, 4) is 5.75 Å². The number of ether oxygens (including phenoxy) is 1. The lowest BCUT2D eigenvalue weighted by atomic mass is 10.1. The summed E-state index contributed by atoms with van der Waals surface area (Å²) in [5.74, 6) is -0.225. The van der Waals surface area contributed by atoms with Crippen molar-refractivity contribution in [1.29, 1.82) is 0 Å². The molecule has 0 aliphatic rings. The van der Waals surface area contributed by atoms with Crippen LogP contribution in [0.15, 0.2) is 18.2 Å². The number of alkyl halides is 3. The Labute approximate surface area is 91.0 Å². The number of nitrogens with zero attached hydrogens (tertiary/aromatic N) is 1. The molecule has 1 aromatic rings. The highest BCUT2D eigenvalue weighted by Gasteiger charge is 2.34. The van der Waals surface area contributed by atoms with E-state index in [-0.39, 0.29) is 12.3 Å². The van der Waals surface area contributed by atoms with Gasteiger partial charge in [0.25, 0.3) is 0 Å². The zero-order chi connectivity index (χ0) is 12.3. The summed E-state index contributed by atoms with van der Waals surface area (Å²) in [5, 5.41) is 9.75. The molecule has 0 aromatic heterocycles. The molecule has 1 aromatic carbocycles. The van der Waals surface area contributed by atoms with Gasteiger partial charge in [-0.2, -0.15) is 18.2 Å². The number of rotatable bonds is 3. The van der Waals surface area contributed by atoms with Crippen molar-refractivity contribution in [2.45, 2.75) is 12.7 Å². The molecular weight excluding hydrogens is 223 g/mol. The second kappa shape index (κ2) is 4.71. The molecule has 0 atom stereocenters. The normalized spacial score (nSPS) is 11.9. The molecule has 16 heavy (non-hydrogen) atoms. The summed E-state index contributed by atoms with van der Waals surface area (Å²) >= 11 is 0. The Balaban J connectivity index is 3.12. The highest BCUT2D eigenvalue weighted by molar-refractivity contribution is 5.39. The molecule has 0 bridgehead atoms. The second-order valence-corrected chi connectivity index (χ2v) is 3.35. The van der Waals surface area contributed by atoms with E-state index in [2.05, 4.69) is 4.74 Å². The van der Waals surface area contributed by atoms with E-state index in [1.54, 1.807) is 0 Å². The molecule has 90 valence electrons. The minimum atomic E-state index is -4.46. The van der Waals surface area contributed by atoms with Crippen molar-refractivity contribution in [3.05, 3.63) is 29.3 Å². The first-order valence-corrected chi connectivity index (χ1v) is 4.48. The average molecular weight is 235 g/mol. The smallest absolute Gasteiger partial charge is 0.419 e. The molecule has 0 saturated carbocycles. The highest BCUT2D eigenvalue weighted by atomic mass is 19.4. The van der Waals surface area contributed by atoms with Crippen molar-refractivity contribution in [2.75, 3.05) is 14.2 Å². The van der Waals surface area contributed by atoms with Gasteiger partial charge in [0.2, 0.25) is 0 Å². The molecule has 6 heteroatoms. The van der Waals surface area contributed by atoms with E-state index in [0.29, 0.717) is 5.56 Å². The predicted octanol–water partition coefficient (Wildman–Crippen LogP) is 2.54. The van der Waals surface area contributed by atoms with Crippen molar-refractivity contribution in [3.63, 3.8) is 0 Å². The van der Waals surface area contributed by atoms with Gasteiger partial charge >= 0.3 is 6.18 Å². The van der Waals surface area contributed by atoms with Gasteiger partial charge in [-0.1, -0.05) is 6.07 Å². The van der Waals surface area contributed by atoms with E-state index >= 15 is 0 Å². The van der Waals surface area contributed by atoms with Gasteiger partial charge < -0.3 is 9.94 Å². The Morgan fingerprint density at radius 3 is 2.44 bits per heavy atom. The van der Waals surface area contributed by atoms with Crippen LogP contribution in [0.2, 0.25) is 0 Å². The summed E-state index contributed by atoms with van der Waals surface area (Å²) in [6.45, 7) is 0.0209. The van der Waals surface area contributed by atoms with Gasteiger partial charge in [-0.05, 0) is 17.7 Å². The van der Waals surface area contributed by atoms with Crippen LogP contribution in [-0.2, 0) is 12.7 Å². The zero-order valence-electron chi connectivity index (χ0n) is 8.88. The van der Waals surface area contributed by atoms with Crippen molar-refractivity contribution < 1.29 is 23.1 Å². The van der Waals surface area contributed by atoms with Gasteiger partial charge in [-0.3, -0.25) is 0 Å². The predicted molar refractivity (Wildman–Crippen MR) is 51.2 cm³/mol. The Hall–Kier alpha value is -1.27. The van der Waals surface area contributed by atoms with E-state index < -0.39 is 11.7 Å². The molecule has 1 N–H and O–H groups in total. The van der Waals surface area contributed by atoms with Crippen LogP contribution in [-0.4, -0.2) is 24.4 Å². The topological polar surface area (TPSA) is 32.7 Å². The molecule has 0 aliphatic carbocycles. The van der Waals surface area contributed by atoms with Crippen molar-refractivity contribution >= 4 is 0 Å². The third-order valence-corrected chi connectivity index (χ3v) is 1.98. The van der Waals surface area contributed by atoms with Gasteiger partial charge in [-0.25, -0.2) is 0 Å². The molecule has 0 fully saturated rings. The van der Waals surface area contributed by atoms with Crippen LogP contribution in [0.3, 0.4) is 0 Å². The number of hydroxylamine groups is 2. The van der Waals surface area contributed by atoms with Crippen LogP contribution in [0.25, 0.3) is 0 Å². The molecule has 0 aliphatic heterocycles. The van der Waals surface area contributed by atoms with E-state index in [9.17, 15) is 13.2 Å². The van der Waals surface area contributed by atoms with Crippen LogP contribution in [0.1, 0.15) is 11.1 Å². The van der Waals surface area contributed by atoms with Gasteiger partial charge in [0.05, 0.1) is 12.7 Å². The minimum absolute atomic E-state index is 0.0209. The zero-order valence-corrected chi connectivity index (χ0v) is 8.88. The van der Waals surface area contributed by atoms with Crippen LogP contribution in [0.4, 0.5) is 13.2 Å². The van der Waals surface area contributed by atoms with Crippen LogP contribution >= 0.6 is 0 Å². The van der Waals surface area contributed by atoms with E-state index in [1.165, 1.54) is 26.3 Å². The average Bonchev–Trinajstić information content (AvgIpc) is 2.15. The van der Waals surface area contributed by atoms with E-state index in [1.807, 2.05) is 0 Å². The third kappa shape index (κ3) is 3.11. The number of methoxy groups -OCH3 is 1. The summed E-state index contributed by atoms with van der Waals surface area (Å²) < 4.78 is 42.4. The van der Waals surface area contributed by atoms with Crippen LogP contribution in [0.5, 0.6) is 5.75 Å². The fourth-order valence-electron chi connectivity index (χ4n) is 1.34. The fourth-order valence-corrected chi connectivity index (χ4v) is 1.34. The quantitative estimate of drug-likeness (QED) is 0.817. The van der Waals surface area contributed by atoms with Gasteiger partial charge in [-0.15, -0.1) is 0 Å². The van der Waals surface area contributed by atoms with Crippen LogP contribution in [0, 0.1) is 0 Å². The van der Waals surface area contributed by atoms with Gasteiger partial charge in [0.1, 0.15) is 5.75 Å². The Bertz CT molecular complexity index is 364. The molecule has 0 radical (unpaired) electrons. The summed E-state index contributed by atoms with van der Waals surface area (Å²) in [6.07, 6.45) is -4.46. The fraction of sp³-hybridized carbons (Fsp3) is 0.400. The Morgan fingerprint density at radius 2 is 2.00 bits per heavy atom. The van der Waals surface area contributed by atoms with Crippen LogP contribution < -0.4 is 4.74 Å². The SMILES string of the molecule is COc1ccc(CN(C)O)cc1C(F)(F)F. The van der Waals surface area contributed by atoms with E-state index in [0.717, 1.165) is 11.1 Å². The summed E-state index contributed by atoms with van der Waals surface area (Å²) in [5.41, 5.74) is -0.479. The molecule has 0 spiro atoms. The molecular formula is C10H12F3NO2. The maximum absolute atomic E-state index is 12.6. The monoisotopic (exact) mass is 235 g/mol. The molecule has 3 nitrogen and oxygen atoms in total. The summed E-state index contributed by atoms with van der Waals surface area (Å²) in [6, 6.07) is 3.67. The van der Waals surface area contributed by atoms with Crippen molar-refractivity contribution in [1.82, 2.24) is 5.06 Å². The maximum atomic E-state index is 12.6. The first-order chi connectivity index (χ1) is 7.34. The number of hydrogen-bond donors (Lipinski definition) is 1. The number of halogens is 3. The minimum Gasteiger partial charge on any atom is -0.496 e. The van der Waals surface area contributed by atoms with Gasteiger partial charge in [0, 0.05) is 13.6 Å². The first-order valence-electron chi connectivity index (χ1n) is 4.48. The van der Waals surface area contributed by atoms with Gasteiger partial charge in [0.15, 0.2) is 0 Å². The molecule has 1 rings (SSSR count). The Morgan fingerprint density at radius 1 is 1.38 bits per heavy atom. The highest BCUT2D eigenvalue weighted by Crippen LogP contribution is 2.36. The molecule has 0 unspecified atom stereocenters. The third-order valence-electron chi connectivity index (χ3n) is 1.98. The summed E-state index contributed by atoms with van der Waals surface area (Å²) in [7, 11) is 2.54. The lowest BCUT2D eigenvalue weighted by Crippen LogP contribution is -2.13. The number of hydrogen-bond acceptors (Lipinski definition) is 3. The number of benzene rings is 1. The Kier molecular flexibility index (Phi) is 3.77. The second-order valence-electron chi connectivity index (χ2n) is 3.35. The molecule has 0 heterocycles. The maximum Gasteiger partial charge on any atom is 0.419 e. The largest absolute Gasteiger partial charge is 0.496 e. The first kappa shape index (κ1) is 12.8. The standard InChI is InChI=1S/C10H12F3NO2/c1-14(15)6-7-3-4-9(16-2)8(5-7)10(11,12)13/h3-5,15H,6H2,1-2H3. The lowest BCUT2D eigenvalue weighted by molar-refractivity contribution is -0.139. The lowest BCUT2D eigenvalue weighted by Gasteiger charge is -2.14. The van der Waals surface area contributed by atoms with E-state index in [4.69, 9.17) is 5.21 Å². The molecule has 0 saturated heterocycles.